The standard InChI is InChI=1S/C15H18F2N2O/c16-13-10-15(14(17)9-12(13)11-18)20-8-4-7-19-5-2-1-3-6-19/h9-10H,1-8H2. The van der Waals surface area contributed by atoms with Crippen molar-refractivity contribution >= 4 is 0 Å². The number of benzene rings is 1. The van der Waals surface area contributed by atoms with E-state index in [0.717, 1.165) is 38.2 Å². The van der Waals surface area contributed by atoms with Gasteiger partial charge in [-0.1, -0.05) is 6.42 Å². The lowest BCUT2D eigenvalue weighted by Gasteiger charge is -2.26. The summed E-state index contributed by atoms with van der Waals surface area (Å²) in [6.07, 6.45) is 4.54. The molecule has 0 amide bonds. The molecule has 3 nitrogen and oxygen atoms in total. The van der Waals surface area contributed by atoms with E-state index < -0.39 is 11.6 Å². The minimum atomic E-state index is -0.750. The lowest BCUT2D eigenvalue weighted by Crippen LogP contribution is -2.31. The third-order valence-electron chi connectivity index (χ3n) is 3.47. The molecule has 0 aliphatic carbocycles. The van der Waals surface area contributed by atoms with E-state index in [1.54, 1.807) is 6.07 Å². The number of ether oxygens (including phenoxy) is 1. The number of hydrogen-bond donors (Lipinski definition) is 0. The van der Waals surface area contributed by atoms with E-state index in [1.165, 1.54) is 19.3 Å². The van der Waals surface area contributed by atoms with Crippen molar-refractivity contribution in [2.24, 2.45) is 0 Å². The van der Waals surface area contributed by atoms with E-state index in [1.807, 2.05) is 0 Å². The number of rotatable bonds is 5. The molecule has 0 bridgehead atoms. The van der Waals surface area contributed by atoms with Crippen molar-refractivity contribution in [3.63, 3.8) is 0 Å². The Hall–Kier alpha value is -1.67. The Bertz CT molecular complexity index is 493. The van der Waals surface area contributed by atoms with Crippen LogP contribution < -0.4 is 4.74 Å². The van der Waals surface area contributed by atoms with E-state index in [9.17, 15) is 8.78 Å². The quantitative estimate of drug-likeness (QED) is 0.778. The highest BCUT2D eigenvalue weighted by atomic mass is 19.1. The van der Waals surface area contributed by atoms with E-state index in [0.29, 0.717) is 6.61 Å². The summed E-state index contributed by atoms with van der Waals surface area (Å²) in [6, 6.07) is 3.41. The van der Waals surface area contributed by atoms with Crippen LogP contribution in [0.4, 0.5) is 8.78 Å². The zero-order chi connectivity index (χ0) is 14.4. The molecule has 20 heavy (non-hydrogen) atoms. The molecule has 0 N–H and O–H groups in total. The van der Waals surface area contributed by atoms with Gasteiger partial charge in [0.05, 0.1) is 12.2 Å². The Kier molecular flexibility index (Phi) is 5.31. The average molecular weight is 280 g/mol. The Morgan fingerprint density at radius 1 is 1.15 bits per heavy atom. The zero-order valence-corrected chi connectivity index (χ0v) is 11.4. The van der Waals surface area contributed by atoms with Gasteiger partial charge in [0.25, 0.3) is 0 Å². The Balaban J connectivity index is 1.79. The van der Waals surface area contributed by atoms with Crippen LogP contribution in [0, 0.1) is 23.0 Å². The fraction of sp³-hybridized carbons (Fsp3) is 0.533. The van der Waals surface area contributed by atoms with Crippen LogP contribution in [0.1, 0.15) is 31.2 Å². The maximum Gasteiger partial charge on any atom is 0.166 e. The van der Waals surface area contributed by atoms with Crippen LogP contribution in [-0.4, -0.2) is 31.1 Å². The summed E-state index contributed by atoms with van der Waals surface area (Å²) >= 11 is 0. The van der Waals surface area contributed by atoms with Crippen molar-refractivity contribution < 1.29 is 13.5 Å². The maximum absolute atomic E-state index is 13.5. The number of nitriles is 1. The van der Waals surface area contributed by atoms with E-state index in [4.69, 9.17) is 10.00 Å². The molecule has 0 atom stereocenters. The van der Waals surface area contributed by atoms with Gasteiger partial charge in [0.2, 0.25) is 0 Å². The highest BCUT2D eigenvalue weighted by Crippen LogP contribution is 2.21. The normalized spacial score (nSPS) is 15.8. The summed E-state index contributed by atoms with van der Waals surface area (Å²) < 4.78 is 32.2. The van der Waals surface area contributed by atoms with Gasteiger partial charge in [0, 0.05) is 12.6 Å². The Morgan fingerprint density at radius 2 is 1.90 bits per heavy atom. The van der Waals surface area contributed by atoms with E-state index in [-0.39, 0.29) is 11.3 Å². The molecular weight excluding hydrogens is 262 g/mol. The highest BCUT2D eigenvalue weighted by molar-refractivity contribution is 5.37. The molecule has 5 heteroatoms. The number of likely N-dealkylation sites (tertiary alicyclic amines) is 1. The number of nitrogens with zero attached hydrogens (tertiary/aromatic N) is 2. The van der Waals surface area contributed by atoms with Crippen molar-refractivity contribution in [2.75, 3.05) is 26.2 Å². The van der Waals surface area contributed by atoms with Gasteiger partial charge in [0.1, 0.15) is 11.9 Å². The average Bonchev–Trinajstić information content (AvgIpc) is 2.47. The number of halogens is 2. The maximum atomic E-state index is 13.5. The first kappa shape index (κ1) is 14.7. The van der Waals surface area contributed by atoms with Crippen molar-refractivity contribution in [1.29, 1.82) is 5.26 Å². The van der Waals surface area contributed by atoms with E-state index >= 15 is 0 Å². The van der Waals surface area contributed by atoms with Crippen LogP contribution in [0.2, 0.25) is 0 Å². The summed E-state index contributed by atoms with van der Waals surface area (Å²) in [7, 11) is 0. The van der Waals surface area contributed by atoms with Crippen LogP contribution >= 0.6 is 0 Å². The van der Waals surface area contributed by atoms with Gasteiger partial charge >= 0.3 is 0 Å². The topological polar surface area (TPSA) is 36.3 Å². The third kappa shape index (κ3) is 3.91. The Labute approximate surface area is 117 Å². The molecular formula is C15H18F2N2O. The highest BCUT2D eigenvalue weighted by Gasteiger charge is 2.12. The zero-order valence-electron chi connectivity index (χ0n) is 11.4. The summed E-state index contributed by atoms with van der Waals surface area (Å²) in [5.41, 5.74) is -0.303. The van der Waals surface area contributed by atoms with Gasteiger partial charge in [-0.05, 0) is 38.4 Å². The number of piperidine rings is 1. The third-order valence-corrected chi connectivity index (χ3v) is 3.47. The van der Waals surface area contributed by atoms with Gasteiger partial charge in [-0.15, -0.1) is 0 Å². The first-order valence-corrected chi connectivity index (χ1v) is 6.95. The summed E-state index contributed by atoms with van der Waals surface area (Å²) in [4.78, 5) is 2.36. The molecule has 1 aromatic carbocycles. The fourth-order valence-electron chi connectivity index (χ4n) is 2.38. The van der Waals surface area contributed by atoms with Crippen LogP contribution in [0.5, 0.6) is 5.75 Å². The van der Waals surface area contributed by atoms with E-state index in [2.05, 4.69) is 4.90 Å². The lowest BCUT2D eigenvalue weighted by molar-refractivity contribution is 0.202. The van der Waals surface area contributed by atoms with Gasteiger partial charge in [-0.25, -0.2) is 8.78 Å². The molecule has 0 spiro atoms. The lowest BCUT2D eigenvalue weighted by atomic mass is 10.1. The second kappa shape index (κ2) is 7.20. The minimum Gasteiger partial charge on any atom is -0.490 e. The molecule has 108 valence electrons. The molecule has 1 aromatic rings. The van der Waals surface area contributed by atoms with Crippen molar-refractivity contribution in [3.05, 3.63) is 29.3 Å². The largest absolute Gasteiger partial charge is 0.490 e. The first-order valence-electron chi connectivity index (χ1n) is 6.95. The predicted molar refractivity (Wildman–Crippen MR) is 71.5 cm³/mol. The van der Waals surface area contributed by atoms with Gasteiger partial charge in [-0.2, -0.15) is 5.26 Å². The molecule has 0 saturated carbocycles. The molecule has 0 aromatic heterocycles. The molecule has 2 rings (SSSR count). The van der Waals surface area contributed by atoms with Gasteiger partial charge in [0.15, 0.2) is 11.6 Å². The second-order valence-corrected chi connectivity index (χ2v) is 4.98. The van der Waals surface area contributed by atoms with Crippen LogP contribution in [-0.2, 0) is 0 Å². The van der Waals surface area contributed by atoms with Crippen LogP contribution in [0.3, 0.4) is 0 Å². The number of hydrogen-bond acceptors (Lipinski definition) is 3. The predicted octanol–water partition coefficient (Wildman–Crippen LogP) is 3.09. The summed E-state index contributed by atoms with van der Waals surface area (Å²) in [6.45, 7) is 3.48. The monoisotopic (exact) mass is 280 g/mol. The fourth-order valence-corrected chi connectivity index (χ4v) is 2.38. The molecule has 1 fully saturated rings. The molecule has 1 heterocycles. The minimum absolute atomic E-state index is 0.125. The first-order chi connectivity index (χ1) is 9.70. The smallest absolute Gasteiger partial charge is 0.166 e. The van der Waals surface area contributed by atoms with Gasteiger partial charge < -0.3 is 9.64 Å². The Morgan fingerprint density at radius 3 is 2.60 bits per heavy atom. The second-order valence-electron chi connectivity index (χ2n) is 4.98. The van der Waals surface area contributed by atoms with Crippen molar-refractivity contribution in [3.8, 4) is 11.8 Å². The van der Waals surface area contributed by atoms with Gasteiger partial charge in [-0.3, -0.25) is 0 Å². The molecule has 0 radical (unpaired) electrons. The molecule has 1 aliphatic heterocycles. The summed E-state index contributed by atoms with van der Waals surface area (Å²) in [5, 5.41) is 8.59. The van der Waals surface area contributed by atoms with Crippen LogP contribution in [0.25, 0.3) is 0 Å². The molecule has 0 unspecified atom stereocenters. The molecule has 1 aliphatic rings. The summed E-state index contributed by atoms with van der Waals surface area (Å²) in [5.74, 6) is -1.57. The van der Waals surface area contributed by atoms with Crippen molar-refractivity contribution in [1.82, 2.24) is 4.90 Å². The SMILES string of the molecule is N#Cc1cc(F)c(OCCCN2CCCCC2)cc1F. The van der Waals surface area contributed by atoms with Crippen molar-refractivity contribution in [2.45, 2.75) is 25.7 Å². The molecule has 1 saturated heterocycles. The van der Waals surface area contributed by atoms with Crippen LogP contribution in [0.15, 0.2) is 12.1 Å².